The number of carbonyl (C=O) groups is 1. The van der Waals surface area contributed by atoms with Gasteiger partial charge in [0.05, 0.1) is 6.26 Å². The molecule has 1 aromatic carbocycles. The van der Waals surface area contributed by atoms with E-state index in [2.05, 4.69) is 0 Å². The molecule has 0 saturated heterocycles. The van der Waals surface area contributed by atoms with E-state index >= 15 is 0 Å². The highest BCUT2D eigenvalue weighted by molar-refractivity contribution is 7.89. The quantitative estimate of drug-likeness (QED) is 0.802. The monoisotopic (exact) mass is 242 g/mol. The molecule has 1 amide bonds. The Bertz CT molecular complexity index is 495. The van der Waals surface area contributed by atoms with Gasteiger partial charge in [-0.2, -0.15) is 0 Å². The summed E-state index contributed by atoms with van der Waals surface area (Å²) in [6.45, 7) is 1.79. The van der Waals surface area contributed by atoms with Crippen molar-refractivity contribution in [3.63, 3.8) is 0 Å². The highest BCUT2D eigenvalue weighted by Gasteiger charge is 2.11. The second kappa shape index (κ2) is 4.63. The summed E-state index contributed by atoms with van der Waals surface area (Å²) in [7, 11) is -3.54. The van der Waals surface area contributed by atoms with Gasteiger partial charge < -0.3 is 5.73 Å². The standard InChI is InChI=1S/C10H14N2O3S/c1-7(11)8-4-3-5-9(6-8)10(13)12-16(2,14)15/h3-7H,11H2,1-2H3,(H,12,13). The molecule has 0 fully saturated rings. The number of hydrogen-bond donors (Lipinski definition) is 2. The van der Waals surface area contributed by atoms with E-state index in [0.29, 0.717) is 0 Å². The number of amides is 1. The molecule has 6 heteroatoms. The minimum Gasteiger partial charge on any atom is -0.324 e. The predicted octanol–water partition coefficient (Wildman–Crippen LogP) is 0.396. The van der Waals surface area contributed by atoms with Crippen molar-refractivity contribution in [3.8, 4) is 0 Å². The number of carbonyl (C=O) groups excluding carboxylic acids is 1. The van der Waals surface area contributed by atoms with E-state index in [0.717, 1.165) is 11.8 Å². The van der Waals surface area contributed by atoms with Gasteiger partial charge in [-0.15, -0.1) is 0 Å². The Morgan fingerprint density at radius 2 is 2.06 bits per heavy atom. The Kier molecular flexibility index (Phi) is 3.66. The van der Waals surface area contributed by atoms with Crippen LogP contribution in [0.2, 0.25) is 0 Å². The summed E-state index contributed by atoms with van der Waals surface area (Å²) in [4.78, 5) is 11.5. The smallest absolute Gasteiger partial charge is 0.264 e. The van der Waals surface area contributed by atoms with Gasteiger partial charge in [-0.05, 0) is 24.6 Å². The van der Waals surface area contributed by atoms with Crippen LogP contribution < -0.4 is 10.5 Å². The lowest BCUT2D eigenvalue weighted by atomic mass is 10.1. The molecule has 0 aromatic heterocycles. The van der Waals surface area contributed by atoms with Gasteiger partial charge in [-0.1, -0.05) is 12.1 Å². The van der Waals surface area contributed by atoms with E-state index in [-0.39, 0.29) is 11.6 Å². The molecule has 0 spiro atoms. The zero-order chi connectivity index (χ0) is 12.3. The first-order chi connectivity index (χ1) is 7.29. The highest BCUT2D eigenvalue weighted by atomic mass is 32.2. The van der Waals surface area contributed by atoms with E-state index in [9.17, 15) is 13.2 Å². The summed E-state index contributed by atoms with van der Waals surface area (Å²) in [5.41, 5.74) is 6.72. The molecule has 0 saturated carbocycles. The molecule has 0 aliphatic heterocycles. The zero-order valence-electron chi connectivity index (χ0n) is 9.10. The molecule has 1 unspecified atom stereocenters. The van der Waals surface area contributed by atoms with Crippen molar-refractivity contribution < 1.29 is 13.2 Å². The Hall–Kier alpha value is -1.40. The maximum absolute atomic E-state index is 11.5. The van der Waals surface area contributed by atoms with Gasteiger partial charge in [0.2, 0.25) is 10.0 Å². The molecule has 88 valence electrons. The van der Waals surface area contributed by atoms with Gasteiger partial charge in [-0.3, -0.25) is 4.79 Å². The summed E-state index contributed by atoms with van der Waals surface area (Å²) in [6, 6.07) is 6.35. The fourth-order valence-corrected chi connectivity index (χ4v) is 1.65. The lowest BCUT2D eigenvalue weighted by molar-refractivity contribution is 0.0981. The molecular weight excluding hydrogens is 228 g/mol. The molecule has 1 rings (SSSR count). The first-order valence-electron chi connectivity index (χ1n) is 4.67. The van der Waals surface area contributed by atoms with E-state index in [4.69, 9.17) is 5.73 Å². The van der Waals surface area contributed by atoms with E-state index in [1.165, 1.54) is 6.07 Å². The summed E-state index contributed by atoms with van der Waals surface area (Å²) < 4.78 is 23.6. The summed E-state index contributed by atoms with van der Waals surface area (Å²) >= 11 is 0. The van der Waals surface area contributed by atoms with Gasteiger partial charge in [0.1, 0.15) is 0 Å². The second-order valence-corrected chi connectivity index (χ2v) is 5.37. The van der Waals surface area contributed by atoms with Crippen LogP contribution in [0.25, 0.3) is 0 Å². The average molecular weight is 242 g/mol. The van der Waals surface area contributed by atoms with Crippen LogP contribution in [0, 0.1) is 0 Å². The number of hydrogen-bond acceptors (Lipinski definition) is 4. The van der Waals surface area contributed by atoms with Crippen molar-refractivity contribution in [1.82, 2.24) is 4.72 Å². The fourth-order valence-electron chi connectivity index (χ4n) is 1.19. The van der Waals surface area contributed by atoms with Crippen molar-refractivity contribution in [2.75, 3.05) is 6.26 Å². The van der Waals surface area contributed by atoms with Crippen LogP contribution in [0.1, 0.15) is 28.9 Å². The normalized spacial score (nSPS) is 13.2. The van der Waals surface area contributed by atoms with Crippen molar-refractivity contribution in [2.24, 2.45) is 5.73 Å². The van der Waals surface area contributed by atoms with E-state index < -0.39 is 15.9 Å². The highest BCUT2D eigenvalue weighted by Crippen LogP contribution is 2.11. The van der Waals surface area contributed by atoms with Gasteiger partial charge in [0, 0.05) is 11.6 Å². The molecule has 5 nitrogen and oxygen atoms in total. The lowest BCUT2D eigenvalue weighted by Gasteiger charge is -2.07. The van der Waals surface area contributed by atoms with Crippen molar-refractivity contribution in [1.29, 1.82) is 0 Å². The van der Waals surface area contributed by atoms with Gasteiger partial charge in [0.25, 0.3) is 5.91 Å². The van der Waals surface area contributed by atoms with Crippen molar-refractivity contribution >= 4 is 15.9 Å². The largest absolute Gasteiger partial charge is 0.324 e. The molecule has 0 aliphatic rings. The summed E-state index contributed by atoms with van der Waals surface area (Å²) in [6.07, 6.45) is 0.931. The number of nitrogens with two attached hydrogens (primary N) is 1. The van der Waals surface area contributed by atoms with Crippen LogP contribution in [0.5, 0.6) is 0 Å². The Balaban J connectivity index is 2.97. The Morgan fingerprint density at radius 1 is 1.44 bits per heavy atom. The Morgan fingerprint density at radius 3 is 2.56 bits per heavy atom. The van der Waals surface area contributed by atoms with Crippen LogP contribution in [-0.4, -0.2) is 20.6 Å². The average Bonchev–Trinajstić information content (AvgIpc) is 2.15. The number of rotatable bonds is 3. The van der Waals surface area contributed by atoms with Gasteiger partial charge in [-0.25, -0.2) is 13.1 Å². The first-order valence-corrected chi connectivity index (χ1v) is 6.56. The molecule has 0 bridgehead atoms. The van der Waals surface area contributed by atoms with Crippen molar-refractivity contribution in [3.05, 3.63) is 35.4 Å². The van der Waals surface area contributed by atoms with Crippen LogP contribution in [0.4, 0.5) is 0 Å². The molecule has 1 aromatic rings. The number of sulfonamides is 1. The summed E-state index contributed by atoms with van der Waals surface area (Å²) in [5.74, 6) is -0.648. The van der Waals surface area contributed by atoms with Crippen molar-refractivity contribution in [2.45, 2.75) is 13.0 Å². The number of nitrogens with one attached hydrogen (secondary N) is 1. The topological polar surface area (TPSA) is 89.3 Å². The molecule has 1 atom stereocenters. The lowest BCUT2D eigenvalue weighted by Crippen LogP contribution is -2.29. The molecule has 0 radical (unpaired) electrons. The summed E-state index contributed by atoms with van der Waals surface area (Å²) in [5, 5.41) is 0. The van der Waals surface area contributed by atoms with Crippen LogP contribution >= 0.6 is 0 Å². The fraction of sp³-hybridized carbons (Fsp3) is 0.300. The van der Waals surface area contributed by atoms with Gasteiger partial charge >= 0.3 is 0 Å². The van der Waals surface area contributed by atoms with Crippen LogP contribution in [-0.2, 0) is 10.0 Å². The van der Waals surface area contributed by atoms with Crippen LogP contribution in [0.15, 0.2) is 24.3 Å². The molecule has 0 aliphatic carbocycles. The molecule has 3 N–H and O–H groups in total. The first kappa shape index (κ1) is 12.7. The third-order valence-corrected chi connectivity index (χ3v) is 2.51. The number of benzene rings is 1. The minimum atomic E-state index is -3.54. The van der Waals surface area contributed by atoms with E-state index in [1.807, 2.05) is 4.72 Å². The molecule has 0 heterocycles. The maximum atomic E-state index is 11.5. The van der Waals surface area contributed by atoms with Crippen LogP contribution in [0.3, 0.4) is 0 Å². The third-order valence-electron chi connectivity index (χ3n) is 1.95. The Labute approximate surface area is 94.7 Å². The maximum Gasteiger partial charge on any atom is 0.264 e. The second-order valence-electron chi connectivity index (χ2n) is 3.62. The third kappa shape index (κ3) is 3.63. The zero-order valence-corrected chi connectivity index (χ0v) is 9.91. The molecular formula is C10H14N2O3S. The SMILES string of the molecule is CC(N)c1cccc(C(=O)NS(C)(=O)=O)c1. The minimum absolute atomic E-state index is 0.203. The van der Waals surface area contributed by atoms with Gasteiger partial charge in [0.15, 0.2) is 0 Å². The molecule has 16 heavy (non-hydrogen) atoms. The van der Waals surface area contributed by atoms with E-state index in [1.54, 1.807) is 25.1 Å². The predicted molar refractivity (Wildman–Crippen MR) is 61.4 cm³/mol.